The number of hydrogen-bond acceptors (Lipinski definition) is 4. The van der Waals surface area contributed by atoms with Gasteiger partial charge in [0, 0.05) is 18.8 Å². The number of nitrogens with one attached hydrogen (secondary N) is 2. The first-order valence-electron chi connectivity index (χ1n) is 6.77. The molecule has 0 amide bonds. The first kappa shape index (κ1) is 13.6. The Bertz CT molecular complexity index is 397. The molecule has 0 radical (unpaired) electrons. The Hall–Kier alpha value is -0.840. The van der Waals surface area contributed by atoms with E-state index in [0.717, 1.165) is 29.2 Å². The molecule has 18 heavy (non-hydrogen) atoms. The molecule has 2 rings (SSSR count). The zero-order valence-electron chi connectivity index (χ0n) is 11.0. The molecular weight excluding hydrogens is 292 g/mol. The summed E-state index contributed by atoms with van der Waals surface area (Å²) in [6.45, 7) is 5.27. The molecule has 2 atom stereocenters. The number of hydrogen-bond donors (Lipinski definition) is 2. The van der Waals surface area contributed by atoms with Crippen LogP contribution in [0.1, 0.15) is 39.5 Å². The van der Waals surface area contributed by atoms with E-state index in [2.05, 4.69) is 50.4 Å². The molecule has 1 aliphatic rings. The van der Waals surface area contributed by atoms with E-state index in [0.29, 0.717) is 12.0 Å². The van der Waals surface area contributed by atoms with Crippen molar-refractivity contribution in [3.63, 3.8) is 0 Å². The lowest BCUT2D eigenvalue weighted by Crippen LogP contribution is -2.10. The molecule has 100 valence electrons. The summed E-state index contributed by atoms with van der Waals surface area (Å²) in [5, 5.41) is 6.71. The Balaban J connectivity index is 1.94. The highest BCUT2D eigenvalue weighted by atomic mass is 79.9. The van der Waals surface area contributed by atoms with Gasteiger partial charge in [0.05, 0.1) is 4.47 Å². The van der Waals surface area contributed by atoms with Crippen LogP contribution in [0.15, 0.2) is 10.7 Å². The Labute approximate surface area is 117 Å². The second-order valence-electron chi connectivity index (χ2n) is 4.85. The minimum atomic E-state index is 0.593. The molecule has 0 saturated heterocycles. The molecule has 1 heterocycles. The fourth-order valence-electron chi connectivity index (χ4n) is 2.08. The monoisotopic (exact) mass is 312 g/mol. The van der Waals surface area contributed by atoms with Gasteiger partial charge in [0.15, 0.2) is 0 Å². The van der Waals surface area contributed by atoms with Gasteiger partial charge < -0.3 is 10.6 Å². The predicted octanol–water partition coefficient (Wildman–Crippen LogP) is 3.66. The van der Waals surface area contributed by atoms with Crippen LogP contribution in [-0.4, -0.2) is 22.6 Å². The van der Waals surface area contributed by atoms with E-state index < -0.39 is 0 Å². The summed E-state index contributed by atoms with van der Waals surface area (Å²) in [5.41, 5.74) is 0. The Morgan fingerprint density at radius 1 is 1.39 bits per heavy atom. The molecular formula is C13H21BrN4. The average molecular weight is 313 g/mol. The van der Waals surface area contributed by atoms with Crippen LogP contribution in [0.3, 0.4) is 0 Å². The van der Waals surface area contributed by atoms with Gasteiger partial charge in [0.25, 0.3) is 0 Å². The van der Waals surface area contributed by atoms with Crippen molar-refractivity contribution in [1.29, 1.82) is 0 Å². The van der Waals surface area contributed by atoms with Gasteiger partial charge in [-0.2, -0.15) is 4.98 Å². The fraction of sp³-hybridized carbons (Fsp3) is 0.692. The smallest absolute Gasteiger partial charge is 0.224 e. The zero-order chi connectivity index (χ0) is 13.0. The highest BCUT2D eigenvalue weighted by molar-refractivity contribution is 9.10. The summed E-state index contributed by atoms with van der Waals surface area (Å²) in [6, 6.07) is 0.593. The number of anilines is 2. The Morgan fingerprint density at radius 2 is 2.22 bits per heavy atom. The van der Waals surface area contributed by atoms with Crippen molar-refractivity contribution < 1.29 is 0 Å². The van der Waals surface area contributed by atoms with E-state index in [1.165, 1.54) is 19.3 Å². The molecule has 1 aromatic rings. The highest BCUT2D eigenvalue weighted by Gasteiger charge is 2.36. The third-order valence-electron chi connectivity index (χ3n) is 3.18. The molecule has 2 N–H and O–H groups in total. The van der Waals surface area contributed by atoms with E-state index in [1.54, 1.807) is 0 Å². The summed E-state index contributed by atoms with van der Waals surface area (Å²) < 4.78 is 0.937. The third kappa shape index (κ3) is 3.57. The van der Waals surface area contributed by atoms with Gasteiger partial charge >= 0.3 is 0 Å². The molecule has 1 aliphatic carbocycles. The average Bonchev–Trinajstić information content (AvgIpc) is 3.09. The van der Waals surface area contributed by atoms with Crippen LogP contribution < -0.4 is 10.6 Å². The lowest BCUT2D eigenvalue weighted by Gasteiger charge is -2.09. The molecule has 1 fully saturated rings. The summed E-state index contributed by atoms with van der Waals surface area (Å²) in [5.74, 6) is 2.44. The first-order chi connectivity index (χ1) is 8.74. The number of nitrogens with zero attached hydrogens (tertiary/aromatic N) is 2. The molecule has 1 saturated carbocycles. The van der Waals surface area contributed by atoms with Crippen LogP contribution in [0.4, 0.5) is 11.8 Å². The summed E-state index contributed by atoms with van der Waals surface area (Å²) in [6.07, 6.45) is 6.72. The molecule has 4 nitrogen and oxygen atoms in total. The van der Waals surface area contributed by atoms with Crippen LogP contribution in [0.2, 0.25) is 0 Å². The molecule has 0 aliphatic heterocycles. The summed E-state index contributed by atoms with van der Waals surface area (Å²) >= 11 is 3.50. The first-order valence-corrected chi connectivity index (χ1v) is 7.56. The molecule has 0 aromatic carbocycles. The molecule has 5 heteroatoms. The lowest BCUT2D eigenvalue weighted by atomic mass is 10.2. The largest absolute Gasteiger partial charge is 0.366 e. The molecule has 1 aromatic heterocycles. The van der Waals surface area contributed by atoms with Gasteiger partial charge in [-0.05, 0) is 41.1 Å². The zero-order valence-corrected chi connectivity index (χ0v) is 12.6. The van der Waals surface area contributed by atoms with Crippen molar-refractivity contribution in [2.45, 2.75) is 45.6 Å². The minimum Gasteiger partial charge on any atom is -0.366 e. The van der Waals surface area contributed by atoms with Crippen molar-refractivity contribution >= 4 is 27.7 Å². The molecule has 2 unspecified atom stereocenters. The molecule has 0 spiro atoms. The summed E-state index contributed by atoms with van der Waals surface area (Å²) in [7, 11) is 0. The standard InChI is InChI=1S/C13H21BrN4/c1-3-5-9-7-11(9)17-12-10(14)8-16-13(18-12)15-6-4-2/h8-9,11H,3-7H2,1-2H3,(H2,15,16,17,18). The van der Waals surface area contributed by atoms with E-state index in [9.17, 15) is 0 Å². The maximum Gasteiger partial charge on any atom is 0.224 e. The number of halogens is 1. The number of aromatic nitrogens is 2. The van der Waals surface area contributed by atoms with E-state index in [4.69, 9.17) is 0 Å². The second kappa shape index (κ2) is 6.36. The SMILES string of the molecule is CCCNc1ncc(Br)c(NC2CC2CCC)n1. The predicted molar refractivity (Wildman–Crippen MR) is 78.9 cm³/mol. The van der Waals surface area contributed by atoms with Gasteiger partial charge in [-0.1, -0.05) is 20.3 Å². The Kier molecular flexibility index (Phi) is 4.80. The van der Waals surface area contributed by atoms with Gasteiger partial charge in [-0.25, -0.2) is 4.98 Å². The van der Waals surface area contributed by atoms with Crippen LogP contribution in [-0.2, 0) is 0 Å². The van der Waals surface area contributed by atoms with Gasteiger partial charge in [-0.3, -0.25) is 0 Å². The highest BCUT2D eigenvalue weighted by Crippen LogP contribution is 2.38. The van der Waals surface area contributed by atoms with Crippen molar-refractivity contribution in [2.75, 3.05) is 17.2 Å². The maximum atomic E-state index is 4.50. The van der Waals surface area contributed by atoms with E-state index >= 15 is 0 Å². The summed E-state index contributed by atoms with van der Waals surface area (Å²) in [4.78, 5) is 8.75. The van der Waals surface area contributed by atoms with Crippen LogP contribution in [0.25, 0.3) is 0 Å². The van der Waals surface area contributed by atoms with Gasteiger partial charge in [-0.15, -0.1) is 0 Å². The third-order valence-corrected chi connectivity index (χ3v) is 3.76. The van der Waals surface area contributed by atoms with Crippen LogP contribution in [0, 0.1) is 5.92 Å². The lowest BCUT2D eigenvalue weighted by molar-refractivity contribution is 0.692. The maximum absolute atomic E-state index is 4.50. The van der Waals surface area contributed by atoms with Crippen LogP contribution in [0.5, 0.6) is 0 Å². The quantitative estimate of drug-likeness (QED) is 0.806. The van der Waals surface area contributed by atoms with Crippen molar-refractivity contribution in [1.82, 2.24) is 9.97 Å². The second-order valence-corrected chi connectivity index (χ2v) is 5.71. The van der Waals surface area contributed by atoms with Crippen molar-refractivity contribution in [2.24, 2.45) is 5.92 Å². The van der Waals surface area contributed by atoms with Crippen molar-refractivity contribution in [3.05, 3.63) is 10.7 Å². The topological polar surface area (TPSA) is 49.8 Å². The van der Waals surface area contributed by atoms with Crippen LogP contribution >= 0.6 is 15.9 Å². The van der Waals surface area contributed by atoms with Gasteiger partial charge in [0.2, 0.25) is 5.95 Å². The molecule has 0 bridgehead atoms. The van der Waals surface area contributed by atoms with Crippen molar-refractivity contribution in [3.8, 4) is 0 Å². The number of rotatable bonds is 7. The van der Waals surface area contributed by atoms with E-state index in [1.807, 2.05) is 6.20 Å². The Morgan fingerprint density at radius 3 is 2.94 bits per heavy atom. The van der Waals surface area contributed by atoms with E-state index in [-0.39, 0.29) is 0 Å². The van der Waals surface area contributed by atoms with Gasteiger partial charge in [0.1, 0.15) is 5.82 Å². The minimum absolute atomic E-state index is 0.593. The normalized spacial score (nSPS) is 21.7. The fourth-order valence-corrected chi connectivity index (χ4v) is 2.39.